The molecule has 1 rings (SSSR count). The molecule has 2 atom stereocenters. The second kappa shape index (κ2) is 7.65. The van der Waals surface area contributed by atoms with Crippen LogP contribution in [0.3, 0.4) is 0 Å². The van der Waals surface area contributed by atoms with Gasteiger partial charge in [0, 0.05) is 31.5 Å². The summed E-state index contributed by atoms with van der Waals surface area (Å²) in [5.74, 6) is 1.31. The van der Waals surface area contributed by atoms with Gasteiger partial charge in [-0.05, 0) is 24.7 Å². The molecule has 1 fully saturated rings. The Bertz CT molecular complexity index is 339. The van der Waals surface area contributed by atoms with Gasteiger partial charge in [-0.15, -0.1) is 0 Å². The molecule has 1 N–H and O–H groups in total. The van der Waals surface area contributed by atoms with Crippen molar-refractivity contribution in [2.75, 3.05) is 13.1 Å². The highest BCUT2D eigenvalue weighted by molar-refractivity contribution is 5.79. The zero-order chi connectivity index (χ0) is 15.3. The fraction of sp³-hybridized carbons (Fsp3) is 0.875. The molecule has 0 saturated carbocycles. The number of carbonyl (C=O) groups is 2. The minimum Gasteiger partial charge on any atom is -0.351 e. The van der Waals surface area contributed by atoms with E-state index >= 15 is 0 Å². The Morgan fingerprint density at radius 2 is 1.85 bits per heavy atom. The van der Waals surface area contributed by atoms with Crippen LogP contribution in [0.4, 0.5) is 0 Å². The van der Waals surface area contributed by atoms with E-state index in [1.807, 2.05) is 25.7 Å². The topological polar surface area (TPSA) is 49.4 Å². The molecule has 2 amide bonds. The first-order valence-electron chi connectivity index (χ1n) is 7.93. The molecule has 4 heteroatoms. The molecule has 0 bridgehead atoms. The van der Waals surface area contributed by atoms with Gasteiger partial charge in [-0.2, -0.15) is 0 Å². The van der Waals surface area contributed by atoms with E-state index in [2.05, 4.69) is 19.2 Å². The number of piperidine rings is 1. The number of nitrogens with one attached hydrogen (secondary N) is 1. The number of nitrogens with zero attached hydrogens (tertiary/aromatic N) is 1. The van der Waals surface area contributed by atoms with E-state index in [4.69, 9.17) is 0 Å². The third-order valence-electron chi connectivity index (χ3n) is 4.11. The number of hydrogen-bond donors (Lipinski definition) is 1. The maximum absolute atomic E-state index is 12.1. The quantitative estimate of drug-likeness (QED) is 0.842. The molecule has 116 valence electrons. The molecule has 0 aromatic carbocycles. The lowest BCUT2D eigenvalue weighted by molar-refractivity contribution is -0.135. The van der Waals surface area contributed by atoms with Crippen molar-refractivity contribution in [2.24, 2.45) is 17.8 Å². The van der Waals surface area contributed by atoms with Crippen molar-refractivity contribution in [3.8, 4) is 0 Å². The molecule has 4 nitrogen and oxygen atoms in total. The summed E-state index contributed by atoms with van der Waals surface area (Å²) in [6.45, 7) is 11.7. The van der Waals surface area contributed by atoms with E-state index in [1.165, 1.54) is 0 Å². The Kier molecular flexibility index (Phi) is 6.50. The number of rotatable bonds is 5. The first kappa shape index (κ1) is 17.0. The number of carbonyl (C=O) groups excluding carboxylic acids is 2. The van der Waals surface area contributed by atoms with Crippen LogP contribution in [0.2, 0.25) is 0 Å². The van der Waals surface area contributed by atoms with Gasteiger partial charge in [0.05, 0.1) is 0 Å². The van der Waals surface area contributed by atoms with E-state index in [-0.39, 0.29) is 23.8 Å². The molecular weight excluding hydrogens is 252 g/mol. The van der Waals surface area contributed by atoms with Crippen molar-refractivity contribution >= 4 is 11.8 Å². The van der Waals surface area contributed by atoms with Gasteiger partial charge < -0.3 is 10.2 Å². The summed E-state index contributed by atoms with van der Waals surface area (Å²) in [5.41, 5.74) is 0. The zero-order valence-corrected chi connectivity index (χ0v) is 13.6. The summed E-state index contributed by atoms with van der Waals surface area (Å²) >= 11 is 0. The third-order valence-corrected chi connectivity index (χ3v) is 4.11. The van der Waals surface area contributed by atoms with Crippen molar-refractivity contribution in [2.45, 2.75) is 59.9 Å². The maximum Gasteiger partial charge on any atom is 0.222 e. The molecule has 1 saturated heterocycles. The molecule has 0 radical (unpaired) electrons. The average molecular weight is 282 g/mol. The fourth-order valence-electron chi connectivity index (χ4n) is 2.67. The Morgan fingerprint density at radius 1 is 1.20 bits per heavy atom. The minimum absolute atomic E-state index is 0.00535. The van der Waals surface area contributed by atoms with Crippen LogP contribution in [0.1, 0.15) is 53.9 Å². The van der Waals surface area contributed by atoms with Gasteiger partial charge in [0.2, 0.25) is 11.8 Å². The Balaban J connectivity index is 2.70. The molecule has 20 heavy (non-hydrogen) atoms. The molecule has 1 aliphatic heterocycles. The normalized spacial score (nSPS) is 23.2. The lowest BCUT2D eigenvalue weighted by Gasteiger charge is -2.40. The smallest absolute Gasteiger partial charge is 0.222 e. The molecule has 2 unspecified atom stereocenters. The fourth-order valence-corrected chi connectivity index (χ4v) is 2.67. The van der Waals surface area contributed by atoms with Crippen molar-refractivity contribution in [3.63, 3.8) is 0 Å². The lowest BCUT2D eigenvalue weighted by atomic mass is 9.85. The van der Waals surface area contributed by atoms with Crippen LogP contribution >= 0.6 is 0 Å². The van der Waals surface area contributed by atoms with Gasteiger partial charge in [0.25, 0.3) is 0 Å². The van der Waals surface area contributed by atoms with Crippen LogP contribution in [0.15, 0.2) is 0 Å². The van der Waals surface area contributed by atoms with Crippen LogP contribution < -0.4 is 5.32 Å². The van der Waals surface area contributed by atoms with Gasteiger partial charge >= 0.3 is 0 Å². The van der Waals surface area contributed by atoms with Crippen LogP contribution in [-0.4, -0.2) is 35.8 Å². The van der Waals surface area contributed by atoms with E-state index in [1.54, 1.807) is 0 Å². The summed E-state index contributed by atoms with van der Waals surface area (Å²) in [6, 6.07) is 0.104. The molecule has 0 aromatic rings. The zero-order valence-electron chi connectivity index (χ0n) is 13.6. The maximum atomic E-state index is 12.1. The number of likely N-dealkylation sites (tertiary alicyclic amines) is 1. The highest BCUT2D eigenvalue weighted by Crippen LogP contribution is 2.24. The second-order valence-electron chi connectivity index (χ2n) is 6.65. The van der Waals surface area contributed by atoms with Crippen molar-refractivity contribution < 1.29 is 9.59 Å². The van der Waals surface area contributed by atoms with Crippen LogP contribution in [0.5, 0.6) is 0 Å². The third kappa shape index (κ3) is 4.80. The first-order valence-corrected chi connectivity index (χ1v) is 7.93. The van der Waals surface area contributed by atoms with Crippen molar-refractivity contribution in [3.05, 3.63) is 0 Å². The monoisotopic (exact) mass is 282 g/mol. The van der Waals surface area contributed by atoms with Crippen LogP contribution in [0, 0.1) is 17.8 Å². The van der Waals surface area contributed by atoms with Crippen LogP contribution in [0.25, 0.3) is 0 Å². The van der Waals surface area contributed by atoms with Gasteiger partial charge in [-0.25, -0.2) is 0 Å². The van der Waals surface area contributed by atoms with Gasteiger partial charge in [-0.1, -0.05) is 34.6 Å². The first-order chi connectivity index (χ1) is 9.35. The van der Waals surface area contributed by atoms with Crippen molar-refractivity contribution in [1.29, 1.82) is 0 Å². The molecule has 0 spiro atoms. The average Bonchev–Trinajstić information content (AvgIpc) is 2.38. The summed E-state index contributed by atoms with van der Waals surface area (Å²) in [6.07, 6.45) is 2.46. The van der Waals surface area contributed by atoms with Crippen molar-refractivity contribution in [1.82, 2.24) is 10.2 Å². The molecular formula is C16H30N2O2. The Labute approximate surface area is 123 Å². The predicted octanol–water partition coefficient (Wildman–Crippen LogP) is 2.43. The Hall–Kier alpha value is -1.06. The summed E-state index contributed by atoms with van der Waals surface area (Å²) in [5, 5.41) is 3.10. The van der Waals surface area contributed by atoms with E-state index in [0.29, 0.717) is 24.8 Å². The highest BCUT2D eigenvalue weighted by Gasteiger charge is 2.32. The standard InChI is InChI=1S/C16H30N2O2/c1-6-7-15(19)18-9-13(11(2)3)8-14(10-18)17-16(20)12(4)5/h11-14H,6-10H2,1-5H3,(H,17,20). The molecule has 1 aliphatic rings. The summed E-state index contributed by atoms with van der Waals surface area (Å²) < 4.78 is 0. The lowest BCUT2D eigenvalue weighted by Crippen LogP contribution is -2.54. The predicted molar refractivity (Wildman–Crippen MR) is 81.2 cm³/mol. The van der Waals surface area contributed by atoms with Gasteiger partial charge in [0.15, 0.2) is 0 Å². The van der Waals surface area contributed by atoms with Crippen LogP contribution in [-0.2, 0) is 9.59 Å². The van der Waals surface area contributed by atoms with E-state index in [0.717, 1.165) is 19.4 Å². The van der Waals surface area contributed by atoms with Gasteiger partial charge in [0.1, 0.15) is 0 Å². The number of hydrogen-bond acceptors (Lipinski definition) is 2. The van der Waals surface area contributed by atoms with E-state index in [9.17, 15) is 9.59 Å². The summed E-state index contributed by atoms with van der Waals surface area (Å²) in [7, 11) is 0. The highest BCUT2D eigenvalue weighted by atomic mass is 16.2. The second-order valence-corrected chi connectivity index (χ2v) is 6.65. The molecule has 0 aromatic heterocycles. The SMILES string of the molecule is CCCC(=O)N1CC(NC(=O)C(C)C)CC(C(C)C)C1. The summed E-state index contributed by atoms with van der Waals surface area (Å²) in [4.78, 5) is 26.0. The molecule has 0 aliphatic carbocycles. The molecule has 1 heterocycles. The van der Waals surface area contributed by atoms with Gasteiger partial charge in [-0.3, -0.25) is 9.59 Å². The minimum atomic E-state index is -0.00535. The Morgan fingerprint density at radius 3 is 2.35 bits per heavy atom. The number of amides is 2. The van der Waals surface area contributed by atoms with E-state index < -0.39 is 0 Å². The largest absolute Gasteiger partial charge is 0.351 e.